The molecule has 2 aromatic rings. The summed E-state index contributed by atoms with van der Waals surface area (Å²) in [6, 6.07) is 14.7. The fourth-order valence-corrected chi connectivity index (χ4v) is 2.59. The standard InChI is InChI=1S/C24H26FNO4/c1-6-16-24(5,21(27)29-23(2,3)4)22(28)30-26-20(17-10-8-7-9-11-17)18-12-14-19(25)15-13-18/h6-15H,1,16H2,2-5H3/b26-20+. The summed E-state index contributed by atoms with van der Waals surface area (Å²) in [5.41, 5.74) is -0.832. The summed E-state index contributed by atoms with van der Waals surface area (Å²) in [6.45, 7) is 10.2. The molecule has 0 bridgehead atoms. The van der Waals surface area contributed by atoms with Crippen molar-refractivity contribution in [2.75, 3.05) is 0 Å². The van der Waals surface area contributed by atoms with Crippen LogP contribution in [-0.4, -0.2) is 23.3 Å². The number of oxime groups is 1. The van der Waals surface area contributed by atoms with E-state index in [9.17, 15) is 14.0 Å². The Labute approximate surface area is 176 Å². The van der Waals surface area contributed by atoms with Crippen LogP contribution in [0.15, 0.2) is 72.4 Å². The first kappa shape index (κ1) is 23.0. The Morgan fingerprint density at radius 2 is 1.53 bits per heavy atom. The van der Waals surface area contributed by atoms with Crippen LogP contribution in [0.25, 0.3) is 0 Å². The second kappa shape index (κ2) is 9.48. The predicted octanol–water partition coefficient (Wildman–Crippen LogP) is 5.05. The summed E-state index contributed by atoms with van der Waals surface area (Å²) < 4.78 is 18.7. The molecule has 0 fully saturated rings. The topological polar surface area (TPSA) is 65.0 Å². The second-order valence-electron chi connectivity index (χ2n) is 8.02. The molecule has 0 radical (unpaired) electrons. The van der Waals surface area contributed by atoms with Gasteiger partial charge < -0.3 is 9.57 Å². The molecule has 2 rings (SSSR count). The summed E-state index contributed by atoms with van der Waals surface area (Å²) in [6.07, 6.45) is 1.47. The third-order valence-corrected chi connectivity index (χ3v) is 4.24. The van der Waals surface area contributed by atoms with Crippen LogP contribution in [-0.2, 0) is 19.2 Å². The number of hydrogen-bond donors (Lipinski definition) is 0. The van der Waals surface area contributed by atoms with Gasteiger partial charge in [0.25, 0.3) is 0 Å². The fourth-order valence-electron chi connectivity index (χ4n) is 2.59. The van der Waals surface area contributed by atoms with Gasteiger partial charge in [-0.25, -0.2) is 9.18 Å². The average Bonchev–Trinajstić information content (AvgIpc) is 2.69. The van der Waals surface area contributed by atoms with Crippen LogP contribution in [0, 0.1) is 11.2 Å². The molecule has 0 aliphatic heterocycles. The van der Waals surface area contributed by atoms with Crippen molar-refractivity contribution in [3.63, 3.8) is 0 Å². The molecule has 0 amide bonds. The van der Waals surface area contributed by atoms with Crippen molar-refractivity contribution in [3.8, 4) is 0 Å². The van der Waals surface area contributed by atoms with Crippen LogP contribution in [0.2, 0.25) is 0 Å². The fraction of sp³-hybridized carbons (Fsp3) is 0.292. The molecule has 30 heavy (non-hydrogen) atoms. The van der Waals surface area contributed by atoms with Crippen LogP contribution in [0.3, 0.4) is 0 Å². The van der Waals surface area contributed by atoms with Crippen LogP contribution in [0.4, 0.5) is 4.39 Å². The summed E-state index contributed by atoms with van der Waals surface area (Å²) in [4.78, 5) is 30.7. The lowest BCUT2D eigenvalue weighted by Crippen LogP contribution is -2.41. The van der Waals surface area contributed by atoms with E-state index < -0.39 is 28.8 Å². The van der Waals surface area contributed by atoms with E-state index in [0.717, 1.165) is 0 Å². The molecule has 0 aromatic heterocycles. The lowest BCUT2D eigenvalue weighted by molar-refractivity contribution is -0.178. The van der Waals surface area contributed by atoms with Gasteiger partial charge in [0.2, 0.25) is 0 Å². The van der Waals surface area contributed by atoms with E-state index >= 15 is 0 Å². The van der Waals surface area contributed by atoms with Gasteiger partial charge in [-0.3, -0.25) is 4.79 Å². The number of hydrogen-bond acceptors (Lipinski definition) is 5. The zero-order chi connectivity index (χ0) is 22.4. The molecule has 0 aliphatic rings. The van der Waals surface area contributed by atoms with E-state index in [1.807, 2.05) is 6.07 Å². The average molecular weight is 411 g/mol. The largest absolute Gasteiger partial charge is 0.459 e. The Morgan fingerprint density at radius 1 is 0.967 bits per heavy atom. The first-order chi connectivity index (χ1) is 14.1. The maximum absolute atomic E-state index is 13.3. The van der Waals surface area contributed by atoms with Gasteiger partial charge >= 0.3 is 11.9 Å². The first-order valence-corrected chi connectivity index (χ1v) is 9.52. The van der Waals surface area contributed by atoms with Crippen molar-refractivity contribution in [2.45, 2.75) is 39.7 Å². The Hall–Kier alpha value is -3.28. The maximum atomic E-state index is 13.3. The van der Waals surface area contributed by atoms with Gasteiger partial charge in [-0.1, -0.05) is 41.6 Å². The highest BCUT2D eigenvalue weighted by Gasteiger charge is 2.45. The van der Waals surface area contributed by atoms with Crippen molar-refractivity contribution in [1.82, 2.24) is 0 Å². The third-order valence-electron chi connectivity index (χ3n) is 4.24. The zero-order valence-corrected chi connectivity index (χ0v) is 17.6. The lowest BCUT2D eigenvalue weighted by Gasteiger charge is -2.28. The maximum Gasteiger partial charge on any atom is 0.352 e. The van der Waals surface area contributed by atoms with Crippen molar-refractivity contribution in [3.05, 3.63) is 84.2 Å². The minimum Gasteiger partial charge on any atom is -0.459 e. The number of benzene rings is 2. The zero-order valence-electron chi connectivity index (χ0n) is 17.6. The Morgan fingerprint density at radius 3 is 2.07 bits per heavy atom. The number of esters is 1. The molecule has 0 aliphatic carbocycles. The van der Waals surface area contributed by atoms with E-state index in [2.05, 4.69) is 11.7 Å². The molecular weight excluding hydrogens is 385 g/mol. The number of ether oxygens (including phenoxy) is 1. The van der Waals surface area contributed by atoms with Gasteiger partial charge in [-0.15, -0.1) is 6.58 Å². The molecule has 0 spiro atoms. The van der Waals surface area contributed by atoms with Gasteiger partial charge in [0.1, 0.15) is 17.1 Å². The Balaban J connectivity index is 2.38. The van der Waals surface area contributed by atoms with E-state index in [-0.39, 0.29) is 6.42 Å². The van der Waals surface area contributed by atoms with Crippen LogP contribution in [0.1, 0.15) is 45.2 Å². The molecule has 0 N–H and O–H groups in total. The van der Waals surface area contributed by atoms with Crippen LogP contribution in [0.5, 0.6) is 0 Å². The Bertz CT molecular complexity index is 930. The van der Waals surface area contributed by atoms with Crippen molar-refractivity contribution in [2.24, 2.45) is 10.6 Å². The Kier molecular flexibility index (Phi) is 7.27. The van der Waals surface area contributed by atoms with E-state index in [1.165, 1.54) is 37.3 Å². The SMILES string of the molecule is C=CCC(C)(C(=O)O/N=C(\c1ccccc1)c1ccc(F)cc1)C(=O)OC(C)(C)C. The van der Waals surface area contributed by atoms with Gasteiger partial charge in [0.15, 0.2) is 5.41 Å². The number of halogens is 1. The molecule has 0 saturated carbocycles. The second-order valence-corrected chi connectivity index (χ2v) is 8.02. The minimum atomic E-state index is -1.61. The third kappa shape index (κ3) is 5.86. The minimum absolute atomic E-state index is 0.0213. The molecule has 1 unspecified atom stereocenters. The predicted molar refractivity (Wildman–Crippen MR) is 113 cm³/mol. The summed E-state index contributed by atoms with van der Waals surface area (Å²) in [7, 11) is 0. The van der Waals surface area contributed by atoms with Crippen LogP contribution >= 0.6 is 0 Å². The van der Waals surface area contributed by atoms with Gasteiger partial charge in [-0.2, -0.15) is 0 Å². The highest BCUT2D eigenvalue weighted by atomic mass is 19.1. The molecule has 1 atom stereocenters. The number of carbonyl (C=O) groups is 2. The van der Waals surface area contributed by atoms with E-state index in [4.69, 9.17) is 9.57 Å². The summed E-state index contributed by atoms with van der Waals surface area (Å²) in [5, 5.41) is 4.02. The van der Waals surface area contributed by atoms with E-state index in [0.29, 0.717) is 16.8 Å². The lowest BCUT2D eigenvalue weighted by atomic mass is 9.87. The molecule has 2 aromatic carbocycles. The number of carbonyl (C=O) groups excluding carboxylic acids is 2. The quantitative estimate of drug-likeness (QED) is 0.160. The number of allylic oxidation sites excluding steroid dienone is 1. The molecule has 6 heteroatoms. The molecule has 158 valence electrons. The summed E-state index contributed by atoms with van der Waals surface area (Å²) in [5.74, 6) is -1.99. The first-order valence-electron chi connectivity index (χ1n) is 9.52. The highest BCUT2D eigenvalue weighted by Crippen LogP contribution is 2.29. The smallest absolute Gasteiger partial charge is 0.352 e. The van der Waals surface area contributed by atoms with Crippen molar-refractivity contribution in [1.29, 1.82) is 0 Å². The molecule has 0 heterocycles. The number of rotatable bonds is 7. The molecule has 0 saturated heterocycles. The normalized spacial score (nSPS) is 13.8. The van der Waals surface area contributed by atoms with Crippen molar-refractivity contribution >= 4 is 17.7 Å². The summed E-state index contributed by atoms with van der Waals surface area (Å²) >= 11 is 0. The van der Waals surface area contributed by atoms with Gasteiger partial charge in [0, 0.05) is 11.1 Å². The van der Waals surface area contributed by atoms with Crippen LogP contribution < -0.4 is 0 Å². The van der Waals surface area contributed by atoms with Gasteiger partial charge in [-0.05, 0) is 58.4 Å². The van der Waals surface area contributed by atoms with Gasteiger partial charge in [0.05, 0.1) is 0 Å². The molecule has 5 nitrogen and oxygen atoms in total. The van der Waals surface area contributed by atoms with Crippen molar-refractivity contribution < 1.29 is 23.6 Å². The monoisotopic (exact) mass is 411 g/mol. The highest BCUT2D eigenvalue weighted by molar-refractivity contribution is 6.13. The number of nitrogens with zero attached hydrogens (tertiary/aromatic N) is 1. The molecular formula is C24H26FNO4. The van der Waals surface area contributed by atoms with E-state index in [1.54, 1.807) is 45.0 Å².